The summed E-state index contributed by atoms with van der Waals surface area (Å²) in [6.45, 7) is 13.7. The first-order chi connectivity index (χ1) is 18.2. The maximum Gasteiger partial charge on any atom is 0.410 e. The molecule has 0 aromatic carbocycles. The smallest absolute Gasteiger partial charge is 0.410 e. The predicted octanol–water partition coefficient (Wildman–Crippen LogP) is 3.27. The summed E-state index contributed by atoms with van der Waals surface area (Å²) in [6.07, 6.45) is 6.69. The Morgan fingerprint density at radius 1 is 1.08 bits per heavy atom. The Labute approximate surface area is 225 Å². The molecule has 3 aliphatic rings. The van der Waals surface area contributed by atoms with Crippen molar-refractivity contribution in [2.45, 2.75) is 65.1 Å². The lowest BCUT2D eigenvalue weighted by Crippen LogP contribution is -2.50. The van der Waals surface area contributed by atoms with Crippen molar-refractivity contribution in [3.8, 4) is 6.01 Å². The molecule has 0 unspecified atom stereocenters. The van der Waals surface area contributed by atoms with Gasteiger partial charge in [-0.1, -0.05) is 0 Å². The number of fused-ring (bicyclic) bond motifs is 1. The molecule has 5 rings (SSSR count). The average molecular weight is 524 g/mol. The van der Waals surface area contributed by atoms with Gasteiger partial charge in [0.2, 0.25) is 0 Å². The summed E-state index contributed by atoms with van der Waals surface area (Å²) >= 11 is 0. The van der Waals surface area contributed by atoms with Crippen LogP contribution in [0.1, 0.15) is 50.4 Å². The largest absolute Gasteiger partial charge is 0.462 e. The zero-order valence-corrected chi connectivity index (χ0v) is 23.4. The van der Waals surface area contributed by atoms with Crippen molar-refractivity contribution in [1.82, 2.24) is 24.8 Å². The van der Waals surface area contributed by atoms with Crippen molar-refractivity contribution in [3.05, 3.63) is 35.3 Å². The molecule has 2 aromatic heterocycles. The zero-order chi connectivity index (χ0) is 26.9. The molecular formula is C28H41N7O3. The van der Waals surface area contributed by atoms with Crippen molar-refractivity contribution in [2.75, 3.05) is 62.7 Å². The normalized spacial score (nSPS) is 20.4. The Hall–Kier alpha value is -3.14. The Morgan fingerprint density at radius 3 is 2.55 bits per heavy atom. The van der Waals surface area contributed by atoms with Crippen LogP contribution in [0, 0.1) is 6.92 Å². The number of likely N-dealkylation sites (tertiary alicyclic amines) is 1. The second-order valence-corrected chi connectivity index (χ2v) is 11.6. The standard InChI is InChI=1S/C28H41N7O3/c1-20-17-29-10-8-24(20)35-12-9-22-23(18-35)30-26(37-19-21-7-6-11-32(21)5)31-25(22)33-13-15-34(16-14-33)27(36)38-28(2,3)4/h8,10,17,21H,6-7,9,11-16,18-19H2,1-5H3/t21-/m0/s1. The molecule has 0 bridgehead atoms. The van der Waals surface area contributed by atoms with Crippen LogP contribution < -0.4 is 14.5 Å². The van der Waals surface area contributed by atoms with Crippen LogP contribution in [-0.2, 0) is 17.7 Å². The van der Waals surface area contributed by atoms with Crippen molar-refractivity contribution in [1.29, 1.82) is 0 Å². The van der Waals surface area contributed by atoms with Crippen LogP contribution in [0.15, 0.2) is 18.5 Å². The molecule has 1 amide bonds. The number of likely N-dealkylation sites (N-methyl/N-ethyl adjacent to an activating group) is 1. The summed E-state index contributed by atoms with van der Waals surface area (Å²) in [7, 11) is 2.15. The molecule has 0 spiro atoms. The number of pyridine rings is 1. The fraction of sp³-hybridized carbons (Fsp3) is 0.643. The van der Waals surface area contributed by atoms with Crippen LogP contribution in [0.25, 0.3) is 0 Å². The highest BCUT2D eigenvalue weighted by Gasteiger charge is 2.31. The van der Waals surface area contributed by atoms with Gasteiger partial charge in [-0.2, -0.15) is 9.97 Å². The second kappa shape index (κ2) is 10.9. The van der Waals surface area contributed by atoms with E-state index in [4.69, 9.17) is 19.4 Å². The van der Waals surface area contributed by atoms with E-state index in [2.05, 4.69) is 39.7 Å². The minimum Gasteiger partial charge on any atom is -0.462 e. The Morgan fingerprint density at radius 2 is 1.87 bits per heavy atom. The number of anilines is 2. The quantitative estimate of drug-likeness (QED) is 0.586. The molecule has 0 N–H and O–H groups in total. The van der Waals surface area contributed by atoms with Gasteiger partial charge in [0.05, 0.1) is 12.2 Å². The maximum absolute atomic E-state index is 12.6. The minimum atomic E-state index is -0.501. The first-order valence-electron chi connectivity index (χ1n) is 13.8. The van der Waals surface area contributed by atoms with E-state index < -0.39 is 5.60 Å². The lowest BCUT2D eigenvalue weighted by Gasteiger charge is -2.38. The van der Waals surface area contributed by atoms with E-state index in [0.29, 0.717) is 51.4 Å². The fourth-order valence-electron chi connectivity index (χ4n) is 5.53. The van der Waals surface area contributed by atoms with Gasteiger partial charge in [-0.15, -0.1) is 0 Å². The highest BCUT2D eigenvalue weighted by Crippen LogP contribution is 2.32. The third-order valence-corrected chi connectivity index (χ3v) is 7.66. The lowest BCUT2D eigenvalue weighted by molar-refractivity contribution is 0.0240. The molecule has 2 aromatic rings. The van der Waals surface area contributed by atoms with Gasteiger partial charge in [0, 0.05) is 62.4 Å². The number of carbonyl (C=O) groups is 1. The van der Waals surface area contributed by atoms with Gasteiger partial charge in [0.25, 0.3) is 0 Å². The van der Waals surface area contributed by atoms with Crippen LogP contribution in [0.4, 0.5) is 16.3 Å². The summed E-state index contributed by atoms with van der Waals surface area (Å²) in [5.74, 6) is 0.944. The molecule has 2 fully saturated rings. The highest BCUT2D eigenvalue weighted by atomic mass is 16.6. The monoisotopic (exact) mass is 523 g/mol. The first-order valence-corrected chi connectivity index (χ1v) is 13.8. The molecule has 38 heavy (non-hydrogen) atoms. The predicted molar refractivity (Wildman–Crippen MR) is 147 cm³/mol. The molecule has 3 aliphatic heterocycles. The zero-order valence-electron chi connectivity index (χ0n) is 23.4. The summed E-state index contributed by atoms with van der Waals surface area (Å²) in [4.78, 5) is 35.5. The number of hydrogen-bond acceptors (Lipinski definition) is 9. The number of nitrogens with zero attached hydrogens (tertiary/aromatic N) is 7. The Kier molecular flexibility index (Phi) is 7.61. The molecule has 5 heterocycles. The third-order valence-electron chi connectivity index (χ3n) is 7.66. The number of aryl methyl sites for hydroxylation is 1. The minimum absolute atomic E-state index is 0.255. The van der Waals surface area contributed by atoms with E-state index in [0.717, 1.165) is 43.0 Å². The fourth-order valence-corrected chi connectivity index (χ4v) is 5.53. The molecule has 0 aliphatic carbocycles. The highest BCUT2D eigenvalue weighted by molar-refractivity contribution is 5.68. The van der Waals surface area contributed by atoms with Crippen molar-refractivity contribution in [3.63, 3.8) is 0 Å². The number of piperazine rings is 1. The number of hydrogen-bond donors (Lipinski definition) is 0. The van der Waals surface area contributed by atoms with Crippen molar-refractivity contribution < 1.29 is 14.3 Å². The van der Waals surface area contributed by atoms with E-state index in [9.17, 15) is 4.79 Å². The van der Waals surface area contributed by atoms with Gasteiger partial charge in [-0.05, 0) is 72.2 Å². The van der Waals surface area contributed by atoms with Crippen LogP contribution in [-0.4, -0.2) is 95.4 Å². The third kappa shape index (κ3) is 5.95. The van der Waals surface area contributed by atoms with Crippen LogP contribution >= 0.6 is 0 Å². The van der Waals surface area contributed by atoms with Gasteiger partial charge in [-0.25, -0.2) is 4.79 Å². The van der Waals surface area contributed by atoms with Gasteiger partial charge in [0.15, 0.2) is 0 Å². The molecule has 2 saturated heterocycles. The van der Waals surface area contributed by atoms with Crippen LogP contribution in [0.5, 0.6) is 6.01 Å². The van der Waals surface area contributed by atoms with E-state index in [1.54, 1.807) is 4.90 Å². The number of rotatable bonds is 5. The lowest BCUT2D eigenvalue weighted by atomic mass is 10.0. The summed E-state index contributed by atoms with van der Waals surface area (Å²) in [5.41, 5.74) is 4.04. The topological polar surface area (TPSA) is 87.2 Å². The number of aromatic nitrogens is 3. The van der Waals surface area contributed by atoms with E-state index in [1.807, 2.05) is 33.2 Å². The Bertz CT molecular complexity index is 1140. The van der Waals surface area contributed by atoms with Gasteiger partial charge in [0.1, 0.15) is 18.0 Å². The van der Waals surface area contributed by atoms with Crippen LogP contribution in [0.2, 0.25) is 0 Å². The van der Waals surface area contributed by atoms with E-state index in [1.165, 1.54) is 17.7 Å². The summed E-state index contributed by atoms with van der Waals surface area (Å²) < 4.78 is 11.8. The van der Waals surface area contributed by atoms with Gasteiger partial charge < -0.3 is 29.1 Å². The second-order valence-electron chi connectivity index (χ2n) is 11.6. The SMILES string of the molecule is Cc1cnccc1N1CCc2c(nc(OC[C@@H]3CCCN3C)nc2N2CCN(C(=O)OC(C)(C)C)CC2)C1. The van der Waals surface area contributed by atoms with Crippen molar-refractivity contribution >= 4 is 17.6 Å². The van der Waals surface area contributed by atoms with Gasteiger partial charge in [-0.3, -0.25) is 4.98 Å². The molecule has 0 saturated carbocycles. The van der Waals surface area contributed by atoms with Crippen molar-refractivity contribution in [2.24, 2.45) is 0 Å². The van der Waals surface area contributed by atoms with Gasteiger partial charge >= 0.3 is 12.1 Å². The number of carbonyl (C=O) groups excluding carboxylic acids is 1. The summed E-state index contributed by atoms with van der Waals surface area (Å²) in [6, 6.07) is 2.92. The molecule has 10 heteroatoms. The average Bonchev–Trinajstić information content (AvgIpc) is 3.30. The van der Waals surface area contributed by atoms with Crippen LogP contribution in [0.3, 0.4) is 0 Å². The molecular weight excluding hydrogens is 482 g/mol. The molecule has 10 nitrogen and oxygen atoms in total. The molecule has 0 radical (unpaired) electrons. The first kappa shape index (κ1) is 26.5. The van der Waals surface area contributed by atoms with E-state index in [-0.39, 0.29) is 6.09 Å². The molecule has 206 valence electrons. The number of ether oxygens (including phenoxy) is 2. The number of amides is 1. The Balaban J connectivity index is 1.36. The van der Waals surface area contributed by atoms with E-state index >= 15 is 0 Å². The summed E-state index contributed by atoms with van der Waals surface area (Å²) in [5, 5.41) is 0. The molecule has 1 atom stereocenters. The maximum atomic E-state index is 12.6.